The zero-order chi connectivity index (χ0) is 14.5. The highest BCUT2D eigenvalue weighted by Gasteiger charge is 2.11. The summed E-state index contributed by atoms with van der Waals surface area (Å²) in [6, 6.07) is 11.5. The van der Waals surface area contributed by atoms with Gasteiger partial charge in [-0.1, -0.05) is 23.7 Å². The zero-order valence-corrected chi connectivity index (χ0v) is 12.2. The van der Waals surface area contributed by atoms with Crippen LogP contribution >= 0.6 is 24.2 Å². The molecular formula is C15H13ClFNOS. The van der Waals surface area contributed by atoms with Gasteiger partial charge in [0.2, 0.25) is 0 Å². The van der Waals surface area contributed by atoms with Crippen LogP contribution in [0, 0.1) is 5.82 Å². The predicted octanol–water partition coefficient (Wildman–Crippen LogP) is 3.74. The van der Waals surface area contributed by atoms with Crippen LogP contribution in [-0.4, -0.2) is 12.5 Å². The average molecular weight is 310 g/mol. The Labute approximate surface area is 127 Å². The number of benzene rings is 2. The van der Waals surface area contributed by atoms with E-state index in [-0.39, 0.29) is 5.56 Å². The Morgan fingerprint density at radius 1 is 1.20 bits per heavy atom. The summed E-state index contributed by atoms with van der Waals surface area (Å²) < 4.78 is 13.5. The molecule has 2 aromatic rings. The minimum absolute atomic E-state index is 0.00797. The van der Waals surface area contributed by atoms with Gasteiger partial charge in [-0.05, 0) is 42.3 Å². The Morgan fingerprint density at radius 2 is 1.90 bits per heavy atom. The standard InChI is InChI=1S/C15H13ClFNOS/c16-11-3-1-10(2-4-11)7-8-18-15(19)13-9-12(20)5-6-14(13)17/h1-6,9,20H,7-8H2,(H,18,19). The summed E-state index contributed by atoms with van der Waals surface area (Å²) in [5.74, 6) is -0.987. The summed E-state index contributed by atoms with van der Waals surface area (Å²) in [7, 11) is 0. The number of rotatable bonds is 4. The van der Waals surface area contributed by atoms with E-state index in [1.807, 2.05) is 12.1 Å². The van der Waals surface area contributed by atoms with Gasteiger partial charge in [-0.2, -0.15) is 0 Å². The molecule has 2 aromatic carbocycles. The van der Waals surface area contributed by atoms with Gasteiger partial charge < -0.3 is 5.32 Å². The Hall–Kier alpha value is -1.52. The van der Waals surface area contributed by atoms with Gasteiger partial charge in [0.05, 0.1) is 5.56 Å². The highest BCUT2D eigenvalue weighted by Crippen LogP contribution is 2.13. The molecule has 0 atom stereocenters. The van der Waals surface area contributed by atoms with Gasteiger partial charge in [-0.15, -0.1) is 12.6 Å². The van der Waals surface area contributed by atoms with Crippen molar-refractivity contribution >= 4 is 30.1 Å². The van der Waals surface area contributed by atoms with Crippen LogP contribution in [0.1, 0.15) is 15.9 Å². The summed E-state index contributed by atoms with van der Waals surface area (Å²) in [5.41, 5.74) is 1.06. The second kappa shape index (κ2) is 6.77. The monoisotopic (exact) mass is 309 g/mol. The first-order valence-corrected chi connectivity index (χ1v) is 6.90. The number of hydrogen-bond donors (Lipinski definition) is 2. The smallest absolute Gasteiger partial charge is 0.254 e. The maximum absolute atomic E-state index is 13.5. The fraction of sp³-hybridized carbons (Fsp3) is 0.133. The number of amides is 1. The quantitative estimate of drug-likeness (QED) is 0.828. The topological polar surface area (TPSA) is 29.1 Å². The van der Waals surface area contributed by atoms with E-state index < -0.39 is 11.7 Å². The lowest BCUT2D eigenvalue weighted by atomic mass is 10.1. The van der Waals surface area contributed by atoms with Gasteiger partial charge in [0.15, 0.2) is 0 Å². The summed E-state index contributed by atoms with van der Waals surface area (Å²) in [4.78, 5) is 12.4. The van der Waals surface area contributed by atoms with Gasteiger partial charge in [-0.3, -0.25) is 4.79 Å². The maximum atomic E-state index is 13.5. The van der Waals surface area contributed by atoms with Crippen LogP contribution in [0.15, 0.2) is 47.4 Å². The molecule has 1 amide bonds. The Morgan fingerprint density at radius 3 is 2.60 bits per heavy atom. The number of nitrogens with one attached hydrogen (secondary N) is 1. The largest absolute Gasteiger partial charge is 0.352 e. The van der Waals surface area contributed by atoms with E-state index >= 15 is 0 Å². The van der Waals surface area contributed by atoms with Crippen molar-refractivity contribution in [3.8, 4) is 0 Å². The van der Waals surface area contributed by atoms with Crippen LogP contribution in [0.25, 0.3) is 0 Å². The minimum atomic E-state index is -0.549. The van der Waals surface area contributed by atoms with Gasteiger partial charge >= 0.3 is 0 Å². The second-order valence-corrected chi connectivity index (χ2v) is 5.25. The Kier molecular flexibility index (Phi) is 5.04. The van der Waals surface area contributed by atoms with Crippen LogP contribution in [0.2, 0.25) is 5.02 Å². The highest BCUT2D eigenvalue weighted by atomic mass is 35.5. The molecule has 20 heavy (non-hydrogen) atoms. The molecule has 2 nitrogen and oxygen atoms in total. The Balaban J connectivity index is 1.92. The van der Waals surface area contributed by atoms with Gasteiger partial charge in [0, 0.05) is 16.5 Å². The van der Waals surface area contributed by atoms with Gasteiger partial charge in [0.1, 0.15) is 5.82 Å². The van der Waals surface area contributed by atoms with Gasteiger partial charge in [0.25, 0.3) is 5.91 Å². The van der Waals surface area contributed by atoms with Crippen molar-refractivity contribution in [3.05, 3.63) is 64.4 Å². The zero-order valence-electron chi connectivity index (χ0n) is 10.6. The SMILES string of the molecule is O=C(NCCc1ccc(Cl)cc1)c1cc(S)ccc1F. The lowest BCUT2D eigenvalue weighted by molar-refractivity contribution is 0.0950. The van der Waals surface area contributed by atoms with Crippen LogP contribution in [-0.2, 0) is 6.42 Å². The van der Waals surface area contributed by atoms with Crippen molar-refractivity contribution in [2.45, 2.75) is 11.3 Å². The maximum Gasteiger partial charge on any atom is 0.254 e. The van der Waals surface area contributed by atoms with E-state index in [0.717, 1.165) is 5.56 Å². The number of halogens is 2. The van der Waals surface area contributed by atoms with E-state index in [1.54, 1.807) is 12.1 Å². The molecule has 0 aliphatic heterocycles. The molecule has 0 fully saturated rings. The molecule has 0 radical (unpaired) electrons. The van der Waals surface area contributed by atoms with E-state index in [1.165, 1.54) is 18.2 Å². The molecule has 0 aliphatic carbocycles. The molecule has 0 aliphatic rings. The first-order valence-electron chi connectivity index (χ1n) is 6.07. The second-order valence-electron chi connectivity index (χ2n) is 4.30. The molecule has 0 bridgehead atoms. The van der Waals surface area contributed by atoms with E-state index in [9.17, 15) is 9.18 Å². The molecular weight excluding hydrogens is 297 g/mol. The van der Waals surface area contributed by atoms with E-state index in [2.05, 4.69) is 17.9 Å². The van der Waals surface area contributed by atoms with Crippen LogP contribution in [0.3, 0.4) is 0 Å². The van der Waals surface area contributed by atoms with E-state index in [0.29, 0.717) is 22.9 Å². The molecule has 0 saturated carbocycles. The average Bonchev–Trinajstić information content (AvgIpc) is 2.43. The lowest BCUT2D eigenvalue weighted by Gasteiger charge is -2.07. The molecule has 0 heterocycles. The number of carbonyl (C=O) groups excluding carboxylic acids is 1. The predicted molar refractivity (Wildman–Crippen MR) is 81.1 cm³/mol. The summed E-state index contributed by atoms with van der Waals surface area (Å²) in [6.45, 7) is 0.427. The van der Waals surface area contributed by atoms with Crippen LogP contribution < -0.4 is 5.32 Å². The Bertz CT molecular complexity index is 616. The number of carbonyl (C=O) groups is 1. The summed E-state index contributed by atoms with van der Waals surface area (Å²) in [6.07, 6.45) is 0.658. The van der Waals surface area contributed by atoms with Crippen molar-refractivity contribution in [1.29, 1.82) is 0 Å². The lowest BCUT2D eigenvalue weighted by Crippen LogP contribution is -2.26. The molecule has 0 saturated heterocycles. The fourth-order valence-corrected chi connectivity index (χ4v) is 2.08. The first kappa shape index (κ1) is 14.9. The van der Waals surface area contributed by atoms with Crippen molar-refractivity contribution < 1.29 is 9.18 Å². The molecule has 5 heteroatoms. The van der Waals surface area contributed by atoms with Crippen molar-refractivity contribution in [3.63, 3.8) is 0 Å². The number of thiol groups is 1. The van der Waals surface area contributed by atoms with Gasteiger partial charge in [-0.25, -0.2) is 4.39 Å². The normalized spacial score (nSPS) is 10.3. The number of hydrogen-bond acceptors (Lipinski definition) is 2. The summed E-state index contributed by atoms with van der Waals surface area (Å²) >= 11 is 9.88. The summed E-state index contributed by atoms with van der Waals surface area (Å²) in [5, 5.41) is 3.36. The van der Waals surface area contributed by atoms with Crippen molar-refractivity contribution in [2.75, 3.05) is 6.54 Å². The molecule has 2 rings (SSSR count). The van der Waals surface area contributed by atoms with Crippen LogP contribution in [0.4, 0.5) is 4.39 Å². The third-order valence-corrected chi connectivity index (χ3v) is 3.34. The molecule has 0 unspecified atom stereocenters. The van der Waals surface area contributed by atoms with Crippen LogP contribution in [0.5, 0.6) is 0 Å². The fourth-order valence-electron chi connectivity index (χ4n) is 1.75. The van der Waals surface area contributed by atoms with E-state index in [4.69, 9.17) is 11.6 Å². The minimum Gasteiger partial charge on any atom is -0.352 e. The third-order valence-electron chi connectivity index (χ3n) is 2.81. The molecule has 104 valence electrons. The molecule has 0 spiro atoms. The molecule has 0 aromatic heterocycles. The highest BCUT2D eigenvalue weighted by molar-refractivity contribution is 7.80. The van der Waals surface area contributed by atoms with Crippen molar-refractivity contribution in [2.24, 2.45) is 0 Å². The molecule has 1 N–H and O–H groups in total. The first-order chi connectivity index (χ1) is 9.56. The van der Waals surface area contributed by atoms with Crippen molar-refractivity contribution in [1.82, 2.24) is 5.32 Å². The third kappa shape index (κ3) is 3.99.